The molecule has 4 aromatic rings. The van der Waals surface area contributed by atoms with Crippen molar-refractivity contribution in [2.45, 2.75) is 6.23 Å². The van der Waals surface area contributed by atoms with Crippen LogP contribution in [0.5, 0.6) is 11.5 Å². The van der Waals surface area contributed by atoms with Crippen molar-refractivity contribution in [2.24, 2.45) is 4.99 Å². The Morgan fingerprint density at radius 3 is 2.60 bits per heavy atom. The number of H-pyrrole nitrogens is 1. The van der Waals surface area contributed by atoms with Crippen LogP contribution in [0, 0.1) is 0 Å². The zero-order chi connectivity index (χ0) is 17.1. The first-order valence-corrected chi connectivity index (χ1v) is 7.95. The minimum absolute atomic E-state index is 0.0696. The van der Waals surface area contributed by atoms with Gasteiger partial charge >= 0.3 is 0 Å². The van der Waals surface area contributed by atoms with Crippen LogP contribution < -0.4 is 0 Å². The van der Waals surface area contributed by atoms with Crippen LogP contribution in [-0.2, 0) is 0 Å². The van der Waals surface area contributed by atoms with Gasteiger partial charge in [0.2, 0.25) is 0 Å². The summed E-state index contributed by atoms with van der Waals surface area (Å²) in [5.41, 5.74) is 4.09. The number of phenols is 2. The molecule has 0 radical (unpaired) electrons. The van der Waals surface area contributed by atoms with E-state index in [1.807, 2.05) is 30.3 Å². The number of aromatic hydroxyl groups is 2. The number of aromatic nitrogens is 1. The smallest absolute Gasteiger partial charge is 0.172 e. The van der Waals surface area contributed by atoms with Gasteiger partial charge < -0.3 is 20.3 Å². The molecule has 0 saturated carbocycles. The van der Waals surface area contributed by atoms with E-state index >= 15 is 0 Å². The Hall–Kier alpha value is -3.31. The molecule has 1 aliphatic rings. The summed E-state index contributed by atoms with van der Waals surface area (Å²) in [6.45, 7) is 0. The molecule has 3 aromatic carbocycles. The first-order valence-electron chi connectivity index (χ1n) is 7.95. The Labute approximate surface area is 142 Å². The summed E-state index contributed by atoms with van der Waals surface area (Å²) in [7, 11) is 0. The number of nitrogens with one attached hydrogen (secondary N) is 1. The monoisotopic (exact) mass is 330 g/mol. The Bertz CT molecular complexity index is 1180. The van der Waals surface area contributed by atoms with Gasteiger partial charge in [0, 0.05) is 39.2 Å². The molecule has 0 aliphatic carbocycles. The second-order valence-electron chi connectivity index (χ2n) is 6.17. The third-order valence-electron chi connectivity index (χ3n) is 4.75. The number of aliphatic hydroxyl groups is 1. The highest BCUT2D eigenvalue weighted by molar-refractivity contribution is 6.20. The predicted octanol–water partition coefficient (Wildman–Crippen LogP) is 3.82. The highest BCUT2D eigenvalue weighted by Crippen LogP contribution is 2.47. The standard InChI is InChI=1S/C20H14N2O3/c23-11-6-7-14-12(8-11)16-13-9-21-20(25)17(13)15(19(24)18(16)22-14)10-4-2-1-3-5-10/h1-9,20,22-25H. The summed E-state index contributed by atoms with van der Waals surface area (Å²) in [5, 5.41) is 32.8. The summed E-state index contributed by atoms with van der Waals surface area (Å²) >= 11 is 0. The Kier molecular flexibility index (Phi) is 2.73. The fraction of sp³-hybridized carbons (Fsp3) is 0.0500. The van der Waals surface area contributed by atoms with Gasteiger partial charge in [-0.25, -0.2) is 0 Å². The SMILES string of the molecule is Oc1ccc2[nH]c3c(O)c(-c4ccccc4)c4c(c3c2c1)C=NC4O. The quantitative estimate of drug-likeness (QED) is 0.428. The van der Waals surface area contributed by atoms with Gasteiger partial charge in [-0.2, -0.15) is 0 Å². The number of aromatic amines is 1. The van der Waals surface area contributed by atoms with Crippen molar-refractivity contribution in [3.63, 3.8) is 0 Å². The van der Waals surface area contributed by atoms with E-state index < -0.39 is 6.23 Å². The molecule has 5 rings (SSSR count). The molecule has 4 N–H and O–H groups in total. The van der Waals surface area contributed by atoms with Crippen LogP contribution in [0.3, 0.4) is 0 Å². The lowest BCUT2D eigenvalue weighted by Gasteiger charge is -2.15. The zero-order valence-electron chi connectivity index (χ0n) is 13.1. The first kappa shape index (κ1) is 14.1. The highest BCUT2D eigenvalue weighted by atomic mass is 16.3. The molecule has 0 saturated heterocycles. The number of hydrogen-bond donors (Lipinski definition) is 4. The predicted molar refractivity (Wildman–Crippen MR) is 97.1 cm³/mol. The van der Waals surface area contributed by atoms with Crippen molar-refractivity contribution >= 4 is 28.0 Å². The molecule has 25 heavy (non-hydrogen) atoms. The van der Waals surface area contributed by atoms with Crippen molar-refractivity contribution in [3.8, 4) is 22.6 Å². The van der Waals surface area contributed by atoms with E-state index in [1.54, 1.807) is 24.4 Å². The van der Waals surface area contributed by atoms with E-state index in [2.05, 4.69) is 9.98 Å². The van der Waals surface area contributed by atoms with Crippen LogP contribution in [0.1, 0.15) is 17.4 Å². The zero-order valence-corrected chi connectivity index (χ0v) is 13.1. The average Bonchev–Trinajstić information content (AvgIpc) is 3.17. The number of aliphatic imine (C=N–C) groups is 1. The summed E-state index contributed by atoms with van der Waals surface area (Å²) in [4.78, 5) is 7.36. The molecular formula is C20H14N2O3. The van der Waals surface area contributed by atoms with Gasteiger partial charge in [-0.15, -0.1) is 0 Å². The van der Waals surface area contributed by atoms with Gasteiger partial charge in [0.15, 0.2) is 6.23 Å². The summed E-state index contributed by atoms with van der Waals surface area (Å²) < 4.78 is 0. The number of phenolic OH excluding ortho intramolecular Hbond substituents is 2. The van der Waals surface area contributed by atoms with Crippen molar-refractivity contribution in [2.75, 3.05) is 0 Å². The maximum absolute atomic E-state index is 11.0. The molecule has 5 heteroatoms. The molecule has 0 spiro atoms. The molecule has 1 aromatic heterocycles. The second-order valence-corrected chi connectivity index (χ2v) is 6.17. The lowest BCUT2D eigenvalue weighted by molar-refractivity contribution is 0.193. The Morgan fingerprint density at radius 2 is 1.80 bits per heavy atom. The summed E-state index contributed by atoms with van der Waals surface area (Å²) in [6, 6.07) is 14.5. The normalized spacial score (nSPS) is 16.0. The third-order valence-corrected chi connectivity index (χ3v) is 4.75. The van der Waals surface area contributed by atoms with E-state index in [9.17, 15) is 15.3 Å². The maximum atomic E-state index is 11.0. The van der Waals surface area contributed by atoms with Crippen LogP contribution in [0.2, 0.25) is 0 Å². The van der Waals surface area contributed by atoms with Gasteiger partial charge in [0.25, 0.3) is 0 Å². The number of fused-ring (bicyclic) bond motifs is 5. The second kappa shape index (κ2) is 4.84. The van der Waals surface area contributed by atoms with Crippen LogP contribution in [0.25, 0.3) is 32.9 Å². The molecule has 1 atom stereocenters. The molecular weight excluding hydrogens is 316 g/mol. The molecule has 0 bridgehead atoms. The van der Waals surface area contributed by atoms with Gasteiger partial charge in [0.1, 0.15) is 11.5 Å². The molecule has 0 fully saturated rings. The van der Waals surface area contributed by atoms with E-state index in [4.69, 9.17) is 0 Å². The van der Waals surface area contributed by atoms with E-state index in [0.717, 1.165) is 27.4 Å². The van der Waals surface area contributed by atoms with Gasteiger partial charge in [-0.3, -0.25) is 4.99 Å². The largest absolute Gasteiger partial charge is 0.508 e. The van der Waals surface area contributed by atoms with Crippen molar-refractivity contribution in [3.05, 3.63) is 59.7 Å². The molecule has 1 aliphatic heterocycles. The molecule has 2 heterocycles. The Morgan fingerprint density at radius 1 is 1.00 bits per heavy atom. The summed E-state index contributed by atoms with van der Waals surface area (Å²) in [6.07, 6.45) is 0.605. The van der Waals surface area contributed by atoms with Gasteiger partial charge in [-0.05, 0) is 23.8 Å². The third kappa shape index (κ3) is 1.84. The Balaban J connectivity index is 2.00. The fourth-order valence-corrected chi connectivity index (χ4v) is 3.68. The van der Waals surface area contributed by atoms with Crippen LogP contribution in [0.4, 0.5) is 0 Å². The molecule has 0 amide bonds. The van der Waals surface area contributed by atoms with E-state index in [0.29, 0.717) is 16.6 Å². The maximum Gasteiger partial charge on any atom is 0.172 e. The first-order chi connectivity index (χ1) is 12.1. The van der Waals surface area contributed by atoms with Crippen molar-refractivity contribution in [1.82, 2.24) is 4.98 Å². The number of benzene rings is 3. The molecule has 122 valence electrons. The van der Waals surface area contributed by atoms with Crippen LogP contribution in [-0.4, -0.2) is 26.5 Å². The lowest BCUT2D eigenvalue weighted by atomic mass is 9.91. The molecule has 5 nitrogen and oxygen atoms in total. The molecule has 1 unspecified atom stereocenters. The van der Waals surface area contributed by atoms with Crippen LogP contribution in [0.15, 0.2) is 53.5 Å². The fourth-order valence-electron chi connectivity index (χ4n) is 3.68. The number of nitrogens with zero attached hydrogens (tertiary/aromatic N) is 1. The van der Waals surface area contributed by atoms with Gasteiger partial charge in [-0.1, -0.05) is 30.3 Å². The van der Waals surface area contributed by atoms with Crippen LogP contribution >= 0.6 is 0 Å². The lowest BCUT2D eigenvalue weighted by Crippen LogP contribution is -1.97. The van der Waals surface area contributed by atoms with Crippen molar-refractivity contribution in [1.29, 1.82) is 0 Å². The highest BCUT2D eigenvalue weighted by Gasteiger charge is 2.29. The topological polar surface area (TPSA) is 88.8 Å². The minimum Gasteiger partial charge on any atom is -0.508 e. The average molecular weight is 330 g/mol. The van der Waals surface area contributed by atoms with Gasteiger partial charge in [0.05, 0.1) is 5.52 Å². The van der Waals surface area contributed by atoms with E-state index in [-0.39, 0.29) is 11.5 Å². The number of rotatable bonds is 1. The minimum atomic E-state index is -1.03. The van der Waals surface area contributed by atoms with Crippen molar-refractivity contribution < 1.29 is 15.3 Å². The summed E-state index contributed by atoms with van der Waals surface area (Å²) in [5.74, 6) is 0.212. The number of aliphatic hydroxyl groups excluding tert-OH is 1. The number of hydrogen-bond acceptors (Lipinski definition) is 4. The van der Waals surface area contributed by atoms with E-state index in [1.165, 1.54) is 0 Å².